The van der Waals surface area contributed by atoms with Crippen molar-refractivity contribution in [3.05, 3.63) is 71.1 Å². The smallest absolute Gasteiger partial charge is 0.273 e. The van der Waals surface area contributed by atoms with Crippen molar-refractivity contribution in [3.63, 3.8) is 0 Å². The molecular weight excluding hydrogens is 454 g/mol. The zero-order chi connectivity index (χ0) is 21.5. The van der Waals surface area contributed by atoms with Gasteiger partial charge in [-0.15, -0.1) is 11.3 Å². The minimum Gasteiger partial charge on any atom is -0.280 e. The standard InChI is InChI=1S/C19H16F2N2O4S3/c20-14-5-7-16(21)18(12-14)29(24,25)22-15-6-8-17-13(11-15)3-1-9-23(17)30(26,27)19-4-2-10-28-19/h2,4-8,10-12,22H,1,3,9H2. The summed E-state index contributed by atoms with van der Waals surface area (Å²) in [6, 6.07) is 9.79. The predicted octanol–water partition coefficient (Wildman–Crippen LogP) is 3.97. The Kier molecular flexibility index (Phi) is 5.28. The van der Waals surface area contributed by atoms with Crippen molar-refractivity contribution < 1.29 is 25.6 Å². The van der Waals surface area contributed by atoms with Gasteiger partial charge < -0.3 is 0 Å². The van der Waals surface area contributed by atoms with Crippen molar-refractivity contribution in [1.82, 2.24) is 0 Å². The topological polar surface area (TPSA) is 83.6 Å². The Morgan fingerprint density at radius 1 is 1.00 bits per heavy atom. The minimum atomic E-state index is -4.37. The number of sulfonamides is 2. The lowest BCUT2D eigenvalue weighted by molar-refractivity contribution is 0.555. The fraction of sp³-hybridized carbons (Fsp3) is 0.158. The summed E-state index contributed by atoms with van der Waals surface area (Å²) in [7, 11) is -8.08. The molecule has 0 spiro atoms. The monoisotopic (exact) mass is 470 g/mol. The van der Waals surface area contributed by atoms with E-state index in [1.807, 2.05) is 0 Å². The first-order valence-corrected chi connectivity index (χ1v) is 12.7. The molecule has 2 aromatic carbocycles. The maximum atomic E-state index is 13.9. The van der Waals surface area contributed by atoms with Crippen molar-refractivity contribution in [2.45, 2.75) is 21.9 Å². The Morgan fingerprint density at radius 2 is 1.80 bits per heavy atom. The lowest BCUT2D eigenvalue weighted by Crippen LogP contribution is -2.35. The first kappa shape index (κ1) is 20.8. The minimum absolute atomic E-state index is 0.132. The van der Waals surface area contributed by atoms with E-state index < -0.39 is 36.6 Å². The van der Waals surface area contributed by atoms with Crippen LogP contribution in [0.15, 0.2) is 63.0 Å². The highest BCUT2D eigenvalue weighted by Crippen LogP contribution is 2.35. The quantitative estimate of drug-likeness (QED) is 0.612. The van der Waals surface area contributed by atoms with Crippen LogP contribution in [0.3, 0.4) is 0 Å². The molecule has 0 aliphatic carbocycles. The SMILES string of the molecule is O=S(=O)(Nc1ccc2c(c1)CCCN2S(=O)(=O)c1cccs1)c1cc(F)ccc1F. The third-order valence-corrected chi connectivity index (χ3v) is 9.21. The van der Waals surface area contributed by atoms with Crippen molar-refractivity contribution >= 4 is 42.8 Å². The van der Waals surface area contributed by atoms with E-state index >= 15 is 0 Å². The number of fused-ring (bicyclic) bond motifs is 1. The number of nitrogens with one attached hydrogen (secondary N) is 1. The maximum Gasteiger partial charge on any atom is 0.273 e. The Hall–Kier alpha value is -2.50. The van der Waals surface area contributed by atoms with Crippen molar-refractivity contribution in [2.24, 2.45) is 0 Å². The van der Waals surface area contributed by atoms with Crippen molar-refractivity contribution in [3.8, 4) is 0 Å². The molecule has 11 heteroatoms. The zero-order valence-electron chi connectivity index (χ0n) is 15.4. The molecule has 0 unspecified atom stereocenters. The number of rotatable bonds is 5. The molecule has 0 saturated heterocycles. The molecule has 1 aromatic heterocycles. The fourth-order valence-electron chi connectivity index (χ4n) is 3.29. The van der Waals surface area contributed by atoms with Gasteiger partial charge in [0.25, 0.3) is 20.0 Å². The van der Waals surface area contributed by atoms with Crippen LogP contribution in [0.1, 0.15) is 12.0 Å². The Labute approximate surface area is 176 Å². The van der Waals surface area contributed by atoms with Crippen molar-refractivity contribution in [2.75, 3.05) is 15.6 Å². The van der Waals surface area contributed by atoms with Gasteiger partial charge in [-0.05, 0) is 66.2 Å². The number of halogens is 2. The third kappa shape index (κ3) is 3.80. The van der Waals surface area contributed by atoms with E-state index in [4.69, 9.17) is 0 Å². The van der Waals surface area contributed by atoms with Gasteiger partial charge in [-0.2, -0.15) is 0 Å². The van der Waals surface area contributed by atoms with Crippen LogP contribution >= 0.6 is 11.3 Å². The average molecular weight is 471 g/mol. The van der Waals surface area contributed by atoms with Gasteiger partial charge in [0.05, 0.1) is 5.69 Å². The number of anilines is 2. The summed E-state index contributed by atoms with van der Waals surface area (Å²) >= 11 is 1.12. The third-order valence-electron chi connectivity index (χ3n) is 4.63. The fourth-order valence-corrected chi connectivity index (χ4v) is 7.07. The molecule has 0 amide bonds. The molecule has 158 valence electrons. The van der Waals surface area contributed by atoms with Crippen LogP contribution in [0, 0.1) is 11.6 Å². The van der Waals surface area contributed by atoms with E-state index in [2.05, 4.69) is 4.72 Å². The summed E-state index contributed by atoms with van der Waals surface area (Å²) in [6.45, 7) is 0.312. The van der Waals surface area contributed by atoms with E-state index in [9.17, 15) is 25.6 Å². The van der Waals surface area contributed by atoms with E-state index in [1.54, 1.807) is 11.4 Å². The van der Waals surface area contributed by atoms with Gasteiger partial charge in [-0.25, -0.2) is 25.6 Å². The van der Waals surface area contributed by atoms with Gasteiger partial charge in [-0.1, -0.05) is 6.07 Å². The molecule has 0 bridgehead atoms. The van der Waals surface area contributed by atoms with E-state index in [0.717, 1.165) is 23.5 Å². The highest BCUT2D eigenvalue weighted by atomic mass is 32.2. The Morgan fingerprint density at radius 3 is 2.53 bits per heavy atom. The summed E-state index contributed by atoms with van der Waals surface area (Å²) in [5, 5.41) is 1.68. The first-order valence-electron chi connectivity index (χ1n) is 8.85. The number of aryl methyl sites for hydroxylation is 1. The second-order valence-corrected chi connectivity index (χ2v) is 11.3. The molecule has 2 heterocycles. The van der Waals surface area contributed by atoms with Gasteiger partial charge in [0, 0.05) is 12.2 Å². The van der Waals surface area contributed by atoms with E-state index in [0.29, 0.717) is 36.7 Å². The highest BCUT2D eigenvalue weighted by Gasteiger charge is 2.30. The number of nitrogens with zero attached hydrogens (tertiary/aromatic N) is 1. The molecule has 0 atom stereocenters. The van der Waals surface area contributed by atoms with Crippen LogP contribution in [0.2, 0.25) is 0 Å². The normalized spacial score (nSPS) is 14.4. The second kappa shape index (κ2) is 7.64. The maximum absolute atomic E-state index is 13.9. The highest BCUT2D eigenvalue weighted by molar-refractivity contribution is 7.94. The van der Waals surface area contributed by atoms with E-state index in [-0.39, 0.29) is 9.90 Å². The summed E-state index contributed by atoms with van der Waals surface area (Å²) in [4.78, 5) is -0.804. The summed E-state index contributed by atoms with van der Waals surface area (Å²) in [6.07, 6.45) is 1.11. The van der Waals surface area contributed by atoms with E-state index in [1.165, 1.54) is 28.6 Å². The van der Waals surface area contributed by atoms with Crippen LogP contribution in [0.4, 0.5) is 20.2 Å². The van der Waals surface area contributed by atoms with Crippen molar-refractivity contribution in [1.29, 1.82) is 0 Å². The number of hydrogen-bond donors (Lipinski definition) is 1. The van der Waals surface area contributed by atoms with Crippen LogP contribution in [0.5, 0.6) is 0 Å². The summed E-state index contributed by atoms with van der Waals surface area (Å²) < 4.78 is 81.9. The molecule has 6 nitrogen and oxygen atoms in total. The predicted molar refractivity (Wildman–Crippen MR) is 111 cm³/mol. The lowest BCUT2D eigenvalue weighted by atomic mass is 10.0. The van der Waals surface area contributed by atoms with Gasteiger partial charge >= 0.3 is 0 Å². The molecule has 30 heavy (non-hydrogen) atoms. The van der Waals surface area contributed by atoms with Gasteiger partial charge in [-0.3, -0.25) is 9.03 Å². The summed E-state index contributed by atoms with van der Waals surface area (Å²) in [5.74, 6) is -1.95. The van der Waals surface area contributed by atoms with Crippen LogP contribution in [-0.4, -0.2) is 23.4 Å². The van der Waals surface area contributed by atoms with Crippen LogP contribution in [-0.2, 0) is 26.5 Å². The van der Waals surface area contributed by atoms with Gasteiger partial charge in [0.1, 0.15) is 20.7 Å². The molecule has 0 radical (unpaired) electrons. The summed E-state index contributed by atoms with van der Waals surface area (Å²) in [5.41, 5.74) is 1.24. The molecule has 0 saturated carbocycles. The largest absolute Gasteiger partial charge is 0.280 e. The molecule has 1 aliphatic rings. The zero-order valence-corrected chi connectivity index (χ0v) is 17.8. The molecule has 3 aromatic rings. The Bertz CT molecular complexity index is 1310. The average Bonchev–Trinajstić information content (AvgIpc) is 3.24. The van der Waals surface area contributed by atoms with Crippen LogP contribution < -0.4 is 9.03 Å². The molecule has 0 fully saturated rings. The number of benzene rings is 2. The first-order chi connectivity index (χ1) is 14.2. The lowest BCUT2D eigenvalue weighted by Gasteiger charge is -2.30. The number of thiophene rings is 1. The number of hydrogen-bond acceptors (Lipinski definition) is 5. The van der Waals surface area contributed by atoms with Gasteiger partial charge in [0.2, 0.25) is 0 Å². The molecule has 1 N–H and O–H groups in total. The second-order valence-electron chi connectivity index (χ2n) is 6.64. The molecule has 1 aliphatic heterocycles. The van der Waals surface area contributed by atoms with Gasteiger partial charge in [0.15, 0.2) is 0 Å². The Balaban J connectivity index is 1.67. The molecule has 4 rings (SSSR count). The molecular formula is C19H16F2N2O4S3. The van der Waals surface area contributed by atoms with Crippen LogP contribution in [0.25, 0.3) is 0 Å².